The summed E-state index contributed by atoms with van der Waals surface area (Å²) in [5.74, 6) is -0.542. The van der Waals surface area contributed by atoms with Crippen LogP contribution in [-0.4, -0.2) is 96.7 Å². The number of ether oxygens (including phenoxy) is 4. The number of phosphoric ester groups is 2. The molecule has 0 amide bonds. The summed E-state index contributed by atoms with van der Waals surface area (Å²) >= 11 is 0. The van der Waals surface area contributed by atoms with Crippen molar-refractivity contribution in [2.45, 2.75) is 407 Å². The molecule has 0 aliphatic carbocycles. The predicted molar refractivity (Wildman–Crippen MR) is 381 cm³/mol. The molecule has 0 aliphatic rings. The largest absolute Gasteiger partial charge is 0.472 e. The van der Waals surface area contributed by atoms with E-state index in [2.05, 4.69) is 41.5 Å². The highest BCUT2D eigenvalue weighted by atomic mass is 31.2. The lowest BCUT2D eigenvalue weighted by Crippen LogP contribution is -2.30. The molecule has 0 saturated carbocycles. The number of carbonyl (C=O) groups excluding carboxylic acids is 4. The van der Waals surface area contributed by atoms with Crippen molar-refractivity contribution >= 4 is 39.5 Å². The van der Waals surface area contributed by atoms with Crippen molar-refractivity contribution in [3.05, 3.63) is 0 Å². The van der Waals surface area contributed by atoms with E-state index in [1.165, 1.54) is 199 Å². The molecule has 3 N–H and O–H groups in total. The predicted octanol–water partition coefficient (Wildman–Crippen LogP) is 21.9. The zero-order valence-corrected chi connectivity index (χ0v) is 63.1. The van der Waals surface area contributed by atoms with Gasteiger partial charge in [-0.3, -0.25) is 37.3 Å². The molecule has 0 aromatic carbocycles. The Kier molecular flexibility index (Phi) is 65.5. The first-order chi connectivity index (χ1) is 45.4. The number of unbranched alkanes of at least 4 members (excludes halogenated alkanes) is 42. The molecule has 0 heterocycles. The van der Waals surface area contributed by atoms with Crippen LogP contribution in [-0.2, 0) is 65.4 Å². The summed E-state index contributed by atoms with van der Waals surface area (Å²) in [7, 11) is -9.91. The van der Waals surface area contributed by atoms with Crippen molar-refractivity contribution < 1.29 is 80.2 Å². The third-order valence-corrected chi connectivity index (χ3v) is 20.1. The van der Waals surface area contributed by atoms with Gasteiger partial charge in [0.15, 0.2) is 12.2 Å². The van der Waals surface area contributed by atoms with E-state index < -0.39 is 97.5 Å². The zero-order valence-electron chi connectivity index (χ0n) is 61.3. The quantitative estimate of drug-likeness (QED) is 0.0222. The maximum absolute atomic E-state index is 13.1. The molecule has 0 aromatic rings. The van der Waals surface area contributed by atoms with Crippen LogP contribution in [0, 0.1) is 11.8 Å². The molecule has 0 rings (SSSR count). The van der Waals surface area contributed by atoms with Gasteiger partial charge in [-0.15, -0.1) is 0 Å². The Morgan fingerprint density at radius 2 is 0.511 bits per heavy atom. The standard InChI is InChI=1S/C75H146O17P2/c1-7-11-13-15-17-19-20-21-22-23-24-25-26-27-28-29-34-41-47-53-59-74(79)91-71(64-86-73(78)58-52-46-40-33-31-30-32-37-43-49-55-67(5)9-3)66-90-94(83,84)88-62-69(76)61-87-93(81,82)89-65-70(63-85-72(77)57-51-45-39-18-16-14-12-8-2)92-75(80)60-54-48-42-36-35-38-44-50-56-68(6)10-4/h67-71,76H,7-66H2,1-6H3,(H,81,82)(H,83,84)/t67?,68?,69-,70+,71+/m0/s1. The molecule has 0 fully saturated rings. The van der Waals surface area contributed by atoms with Gasteiger partial charge in [0.2, 0.25) is 0 Å². The van der Waals surface area contributed by atoms with Crippen LogP contribution < -0.4 is 0 Å². The van der Waals surface area contributed by atoms with Crippen molar-refractivity contribution in [1.29, 1.82) is 0 Å². The maximum Gasteiger partial charge on any atom is 0.472 e. The fourth-order valence-electron chi connectivity index (χ4n) is 11.4. The van der Waals surface area contributed by atoms with E-state index in [-0.39, 0.29) is 25.7 Å². The van der Waals surface area contributed by atoms with Crippen molar-refractivity contribution in [2.24, 2.45) is 11.8 Å². The lowest BCUT2D eigenvalue weighted by atomic mass is 9.99. The second kappa shape index (κ2) is 66.9. The number of aliphatic hydroxyl groups excluding tert-OH is 1. The zero-order chi connectivity index (χ0) is 69.3. The Bertz CT molecular complexity index is 1820. The van der Waals surface area contributed by atoms with Gasteiger partial charge in [0.1, 0.15) is 19.3 Å². The Balaban J connectivity index is 5.20. The lowest BCUT2D eigenvalue weighted by molar-refractivity contribution is -0.161. The molecule has 0 aromatic heterocycles. The number of esters is 4. The molecule has 94 heavy (non-hydrogen) atoms. The average molecular weight is 1380 g/mol. The van der Waals surface area contributed by atoms with Crippen molar-refractivity contribution in [3.8, 4) is 0 Å². The normalized spacial score (nSPS) is 14.6. The first-order valence-electron chi connectivity index (χ1n) is 39.1. The van der Waals surface area contributed by atoms with Crippen LogP contribution >= 0.6 is 15.6 Å². The Hall–Kier alpha value is -1.94. The van der Waals surface area contributed by atoms with E-state index in [0.717, 1.165) is 108 Å². The van der Waals surface area contributed by atoms with E-state index in [4.69, 9.17) is 37.0 Å². The van der Waals surface area contributed by atoms with Gasteiger partial charge in [0, 0.05) is 25.7 Å². The highest BCUT2D eigenvalue weighted by molar-refractivity contribution is 7.47. The molecule has 0 bridgehead atoms. The average Bonchev–Trinajstić information content (AvgIpc) is 1.72. The lowest BCUT2D eigenvalue weighted by Gasteiger charge is -2.21. The molecular formula is C75H146O17P2. The molecule has 0 spiro atoms. The van der Waals surface area contributed by atoms with Gasteiger partial charge in [-0.05, 0) is 37.5 Å². The molecule has 4 unspecified atom stereocenters. The first-order valence-corrected chi connectivity index (χ1v) is 42.1. The van der Waals surface area contributed by atoms with E-state index >= 15 is 0 Å². The topological polar surface area (TPSA) is 237 Å². The number of hydrogen-bond donors (Lipinski definition) is 3. The molecular weight excluding hydrogens is 1230 g/mol. The summed E-state index contributed by atoms with van der Waals surface area (Å²) in [4.78, 5) is 72.7. The van der Waals surface area contributed by atoms with E-state index in [1.807, 2.05) is 0 Å². The van der Waals surface area contributed by atoms with Crippen LogP contribution in [0.2, 0.25) is 0 Å². The van der Waals surface area contributed by atoms with E-state index in [0.29, 0.717) is 25.7 Å². The highest BCUT2D eigenvalue weighted by Gasteiger charge is 2.30. The van der Waals surface area contributed by atoms with Crippen LogP contribution in [0.5, 0.6) is 0 Å². The summed E-state index contributed by atoms with van der Waals surface area (Å²) < 4.78 is 68.4. The summed E-state index contributed by atoms with van der Waals surface area (Å²) in [5.41, 5.74) is 0. The van der Waals surface area contributed by atoms with Crippen LogP contribution in [0.4, 0.5) is 0 Å². The molecule has 0 saturated heterocycles. The fraction of sp³-hybridized carbons (Fsp3) is 0.947. The molecule has 19 heteroatoms. The second-order valence-electron chi connectivity index (χ2n) is 27.5. The number of phosphoric acid groups is 2. The number of aliphatic hydroxyl groups is 1. The third-order valence-electron chi connectivity index (χ3n) is 18.2. The number of carbonyl (C=O) groups is 4. The summed E-state index contributed by atoms with van der Waals surface area (Å²) in [5, 5.41) is 10.6. The first kappa shape index (κ1) is 92.1. The van der Waals surface area contributed by atoms with Gasteiger partial charge in [0.25, 0.3) is 0 Å². The van der Waals surface area contributed by atoms with Gasteiger partial charge in [-0.25, -0.2) is 9.13 Å². The van der Waals surface area contributed by atoms with Crippen LogP contribution in [0.25, 0.3) is 0 Å². The van der Waals surface area contributed by atoms with E-state index in [9.17, 15) is 43.2 Å². The van der Waals surface area contributed by atoms with Gasteiger partial charge >= 0.3 is 39.5 Å². The van der Waals surface area contributed by atoms with Gasteiger partial charge in [-0.2, -0.15) is 0 Å². The molecule has 0 radical (unpaired) electrons. The molecule has 17 nitrogen and oxygen atoms in total. The summed E-state index contributed by atoms with van der Waals surface area (Å²) in [6.07, 6.45) is 54.1. The third kappa shape index (κ3) is 66.0. The van der Waals surface area contributed by atoms with Crippen molar-refractivity contribution in [3.63, 3.8) is 0 Å². The van der Waals surface area contributed by atoms with Crippen LogP contribution in [0.15, 0.2) is 0 Å². The van der Waals surface area contributed by atoms with Gasteiger partial charge in [0.05, 0.1) is 26.4 Å². The van der Waals surface area contributed by atoms with Crippen LogP contribution in [0.3, 0.4) is 0 Å². The Morgan fingerprint density at radius 3 is 0.755 bits per heavy atom. The fourth-order valence-corrected chi connectivity index (χ4v) is 13.0. The number of hydrogen-bond acceptors (Lipinski definition) is 15. The Morgan fingerprint density at radius 1 is 0.298 bits per heavy atom. The minimum Gasteiger partial charge on any atom is -0.462 e. The van der Waals surface area contributed by atoms with Crippen molar-refractivity contribution in [1.82, 2.24) is 0 Å². The minimum atomic E-state index is -4.96. The Labute approximate surface area is 575 Å². The van der Waals surface area contributed by atoms with Crippen molar-refractivity contribution in [2.75, 3.05) is 39.6 Å². The monoisotopic (exact) mass is 1380 g/mol. The summed E-state index contributed by atoms with van der Waals surface area (Å²) in [6.45, 7) is 9.58. The minimum absolute atomic E-state index is 0.105. The van der Waals surface area contributed by atoms with E-state index in [1.54, 1.807) is 0 Å². The highest BCUT2D eigenvalue weighted by Crippen LogP contribution is 2.45. The molecule has 7 atom stereocenters. The summed E-state index contributed by atoms with van der Waals surface area (Å²) in [6, 6.07) is 0. The second-order valence-corrected chi connectivity index (χ2v) is 30.4. The van der Waals surface area contributed by atoms with Gasteiger partial charge < -0.3 is 33.8 Å². The maximum atomic E-state index is 13.1. The SMILES string of the molecule is CCCCCCCCCCCCCCCCCCCCCCC(=O)O[C@H](COC(=O)CCCCCCCCCCCCC(C)CC)COP(=O)(O)OC[C@@H](O)COP(=O)(O)OC[C@@H](COC(=O)CCCCCCCCCC)OC(=O)CCCCCCCCCCC(C)CC. The number of rotatable bonds is 74. The van der Waals surface area contributed by atoms with Gasteiger partial charge in [-0.1, -0.05) is 337 Å². The molecule has 558 valence electrons. The molecule has 0 aliphatic heterocycles. The smallest absolute Gasteiger partial charge is 0.462 e. The van der Waals surface area contributed by atoms with Crippen LogP contribution in [0.1, 0.15) is 388 Å².